The van der Waals surface area contributed by atoms with Gasteiger partial charge in [-0.1, -0.05) is 66.2 Å². The van der Waals surface area contributed by atoms with Crippen LogP contribution in [0.1, 0.15) is 24.8 Å². The Morgan fingerprint density at radius 1 is 0.900 bits per heavy atom. The average molecular weight is 863 g/mol. The Morgan fingerprint density at radius 3 is 2.38 bits per heavy atom. The molecule has 13 nitrogen and oxygen atoms in total. The molecular weight excluding hydrogens is 820 g/mol. The first-order chi connectivity index (χ1) is 29.1. The summed E-state index contributed by atoms with van der Waals surface area (Å²) >= 11 is 7.94. The fourth-order valence-corrected chi connectivity index (χ4v) is 9.47. The predicted octanol–water partition coefficient (Wildman–Crippen LogP) is 8.22. The van der Waals surface area contributed by atoms with Crippen LogP contribution in [0.25, 0.3) is 22.0 Å². The van der Waals surface area contributed by atoms with E-state index in [-0.39, 0.29) is 34.8 Å². The number of fused-ring (bicyclic) bond motifs is 1. The molecule has 8 rings (SSSR count). The van der Waals surface area contributed by atoms with Crippen LogP contribution in [0.3, 0.4) is 0 Å². The Labute approximate surface area is 357 Å². The Hall–Kier alpha value is -5.74. The molecule has 2 heterocycles. The van der Waals surface area contributed by atoms with Crippen molar-refractivity contribution in [3.05, 3.63) is 142 Å². The van der Waals surface area contributed by atoms with Gasteiger partial charge in [-0.05, 0) is 84.1 Å². The van der Waals surface area contributed by atoms with Crippen LogP contribution in [-0.2, 0) is 21.4 Å². The van der Waals surface area contributed by atoms with Gasteiger partial charge in [0.1, 0.15) is 12.0 Å². The van der Waals surface area contributed by atoms with Crippen molar-refractivity contribution in [3.8, 4) is 11.1 Å². The Morgan fingerprint density at radius 2 is 1.65 bits per heavy atom. The topological polar surface area (TPSA) is 163 Å². The normalized spacial score (nSPS) is 15.1. The van der Waals surface area contributed by atoms with E-state index in [0.717, 1.165) is 67.8 Å². The van der Waals surface area contributed by atoms with Crippen LogP contribution in [0, 0.1) is 10.1 Å². The minimum atomic E-state index is -4.33. The summed E-state index contributed by atoms with van der Waals surface area (Å²) in [5, 5.41) is 19.7. The van der Waals surface area contributed by atoms with Crippen molar-refractivity contribution in [3.63, 3.8) is 0 Å². The van der Waals surface area contributed by atoms with Gasteiger partial charge in [-0.25, -0.2) is 18.4 Å². The van der Waals surface area contributed by atoms with Crippen molar-refractivity contribution in [2.24, 2.45) is 0 Å². The maximum Gasteiger partial charge on any atom is 0.293 e. The molecule has 0 spiro atoms. The van der Waals surface area contributed by atoms with Crippen LogP contribution in [0.15, 0.2) is 131 Å². The Kier molecular flexibility index (Phi) is 12.5. The molecule has 1 aliphatic carbocycles. The second-order valence-electron chi connectivity index (χ2n) is 14.9. The van der Waals surface area contributed by atoms with Gasteiger partial charge in [-0.2, -0.15) is 0 Å². The number of halogens is 1. The second-order valence-corrected chi connectivity index (χ2v) is 18.1. The summed E-state index contributed by atoms with van der Waals surface area (Å²) in [5.41, 5.74) is 4.67. The number of hydrogen-bond acceptors (Lipinski definition) is 11. The van der Waals surface area contributed by atoms with E-state index in [4.69, 9.17) is 11.6 Å². The average Bonchev–Trinajstić information content (AvgIpc) is 4.07. The monoisotopic (exact) mass is 862 g/mol. The molecule has 16 heteroatoms. The van der Waals surface area contributed by atoms with E-state index >= 15 is 0 Å². The van der Waals surface area contributed by atoms with Crippen LogP contribution in [0.2, 0.25) is 5.02 Å². The van der Waals surface area contributed by atoms with Gasteiger partial charge in [0.25, 0.3) is 15.7 Å². The summed E-state index contributed by atoms with van der Waals surface area (Å²) in [4.78, 5) is 38.6. The number of benzene rings is 5. The molecule has 2 fully saturated rings. The first-order valence-corrected chi connectivity index (χ1v) is 22.5. The standard InChI is InChI=1S/C44H43ClN8O5S2/c45-32-11-16-38(30-7-3-1-4-8-30)31(23-32)27-51-19-21-52(22-20-51)35-14-17-39-41(25-35)46-29-47-44(39)50-60(57,58)37-15-18-40(42(26-37)53(55)56)48-34(24-43(54)49-33-12-13-33)28-59-36-9-5-2-6-10-36/h1-11,14-18,23,25-26,29,33-34,48H,12-13,19-22,24,27-28H2,(H,49,54)(H,46,47,50). The lowest BCUT2D eigenvalue weighted by Crippen LogP contribution is -2.46. The van der Waals surface area contributed by atoms with Crippen LogP contribution < -0.4 is 20.3 Å². The molecule has 1 saturated heterocycles. The van der Waals surface area contributed by atoms with Crippen molar-refractivity contribution in [2.45, 2.75) is 47.7 Å². The van der Waals surface area contributed by atoms with Gasteiger partial charge in [0, 0.05) is 84.0 Å². The fraction of sp³-hybridized carbons (Fsp3) is 0.250. The molecule has 6 aromatic rings. The summed E-state index contributed by atoms with van der Waals surface area (Å²) < 4.78 is 30.1. The third-order valence-electron chi connectivity index (χ3n) is 10.5. The zero-order chi connectivity index (χ0) is 41.6. The lowest BCUT2D eigenvalue weighted by atomic mass is 9.99. The maximum atomic E-state index is 13.8. The van der Waals surface area contributed by atoms with E-state index in [9.17, 15) is 23.3 Å². The van der Waals surface area contributed by atoms with Crippen LogP contribution in [0.4, 0.5) is 22.9 Å². The number of carbonyl (C=O) groups is 1. The van der Waals surface area contributed by atoms with Gasteiger partial charge in [0.05, 0.1) is 15.3 Å². The van der Waals surface area contributed by atoms with Gasteiger partial charge in [-0.15, -0.1) is 11.8 Å². The van der Waals surface area contributed by atoms with Gasteiger partial charge in [0.15, 0.2) is 5.82 Å². The number of aromatic nitrogens is 2. The first-order valence-electron chi connectivity index (χ1n) is 19.7. The Balaban J connectivity index is 0.944. The molecule has 60 heavy (non-hydrogen) atoms. The molecule has 0 radical (unpaired) electrons. The smallest absolute Gasteiger partial charge is 0.293 e. The molecular formula is C44H43ClN8O5S2. The molecule has 308 valence electrons. The summed E-state index contributed by atoms with van der Waals surface area (Å²) in [6.07, 6.45) is 3.25. The lowest BCUT2D eigenvalue weighted by molar-refractivity contribution is -0.384. The van der Waals surface area contributed by atoms with Crippen molar-refractivity contribution < 1.29 is 18.1 Å². The van der Waals surface area contributed by atoms with E-state index in [1.54, 1.807) is 6.07 Å². The highest BCUT2D eigenvalue weighted by Gasteiger charge is 2.28. The summed E-state index contributed by atoms with van der Waals surface area (Å²) in [6, 6.07) is 35.0. The number of thioether (sulfide) groups is 1. The van der Waals surface area contributed by atoms with Gasteiger partial charge in [0.2, 0.25) is 5.91 Å². The minimum absolute atomic E-state index is 0.0524. The van der Waals surface area contributed by atoms with Crippen molar-refractivity contribution in [1.29, 1.82) is 0 Å². The minimum Gasteiger partial charge on any atom is -0.375 e. The number of nitrogens with zero attached hydrogens (tertiary/aromatic N) is 5. The number of nitrogens with one attached hydrogen (secondary N) is 3. The number of nitro groups is 1. The quantitative estimate of drug-likeness (QED) is 0.0488. The number of sulfonamides is 1. The van der Waals surface area contributed by atoms with Crippen molar-refractivity contribution in [1.82, 2.24) is 20.2 Å². The lowest BCUT2D eigenvalue weighted by Gasteiger charge is -2.36. The third-order valence-corrected chi connectivity index (χ3v) is 13.3. The largest absolute Gasteiger partial charge is 0.375 e. The Bertz CT molecular complexity index is 2610. The molecule has 1 atom stereocenters. The molecule has 1 unspecified atom stereocenters. The van der Waals surface area contributed by atoms with Gasteiger partial charge >= 0.3 is 0 Å². The zero-order valence-electron chi connectivity index (χ0n) is 32.5. The zero-order valence-corrected chi connectivity index (χ0v) is 34.9. The van der Waals surface area contributed by atoms with Crippen molar-refractivity contribution in [2.75, 3.05) is 46.9 Å². The predicted molar refractivity (Wildman–Crippen MR) is 238 cm³/mol. The molecule has 1 saturated carbocycles. The molecule has 0 bridgehead atoms. The second kappa shape index (κ2) is 18.3. The van der Waals surface area contributed by atoms with E-state index in [1.807, 2.05) is 72.8 Å². The van der Waals surface area contributed by atoms with Gasteiger partial charge in [-0.3, -0.25) is 24.5 Å². The highest BCUT2D eigenvalue weighted by atomic mass is 35.5. The molecule has 2 aliphatic rings. The molecule has 1 amide bonds. The number of rotatable bonds is 16. The number of amides is 1. The molecule has 5 aromatic carbocycles. The SMILES string of the molecule is O=C(CC(CSc1ccccc1)Nc1ccc(S(=O)(=O)Nc2ncnc3cc(N4CCN(Cc5cc(Cl)ccc5-c5ccccc5)CC4)ccc23)cc1[N+](=O)[O-])NC1CC1. The summed E-state index contributed by atoms with van der Waals surface area (Å²) in [5.74, 6) is 0.348. The fourth-order valence-electron chi connectivity index (χ4n) is 7.28. The molecule has 3 N–H and O–H groups in total. The third kappa shape index (κ3) is 10.2. The van der Waals surface area contributed by atoms with Crippen LogP contribution >= 0.6 is 23.4 Å². The van der Waals surface area contributed by atoms with Gasteiger partial charge < -0.3 is 15.5 Å². The van der Waals surface area contributed by atoms with Crippen LogP contribution in [-0.4, -0.2) is 78.1 Å². The maximum absolute atomic E-state index is 13.8. The summed E-state index contributed by atoms with van der Waals surface area (Å²) in [6.45, 7) is 3.99. The van der Waals surface area contributed by atoms with E-state index in [0.29, 0.717) is 21.7 Å². The molecule has 1 aromatic heterocycles. The number of hydrogen-bond donors (Lipinski definition) is 3. The number of anilines is 3. The number of piperazine rings is 1. The first kappa shape index (κ1) is 41.0. The van der Waals surface area contributed by atoms with E-state index in [2.05, 4.69) is 53.3 Å². The van der Waals surface area contributed by atoms with E-state index in [1.165, 1.54) is 41.3 Å². The van der Waals surface area contributed by atoms with Crippen molar-refractivity contribution >= 4 is 73.1 Å². The number of nitro benzene ring substituents is 1. The summed E-state index contributed by atoms with van der Waals surface area (Å²) in [7, 11) is -4.33. The highest BCUT2D eigenvalue weighted by molar-refractivity contribution is 7.99. The van der Waals surface area contributed by atoms with Crippen LogP contribution in [0.5, 0.6) is 0 Å². The highest BCUT2D eigenvalue weighted by Crippen LogP contribution is 2.33. The number of carbonyl (C=O) groups excluding carboxylic acids is 1. The molecule has 1 aliphatic heterocycles. The van der Waals surface area contributed by atoms with E-state index < -0.39 is 26.7 Å².